The zero-order valence-corrected chi connectivity index (χ0v) is 10.7. The Morgan fingerprint density at radius 3 is 2.41 bits per heavy atom. The van der Waals surface area contributed by atoms with Crippen molar-refractivity contribution in [2.45, 2.75) is 45.6 Å². The van der Waals surface area contributed by atoms with Gasteiger partial charge in [0, 0.05) is 13.1 Å². The lowest BCUT2D eigenvalue weighted by atomic mass is 9.83. The van der Waals surface area contributed by atoms with Gasteiger partial charge >= 0.3 is 0 Å². The van der Waals surface area contributed by atoms with Crippen LogP contribution in [-0.4, -0.2) is 11.7 Å². The minimum Gasteiger partial charge on any atom is -0.508 e. The van der Waals surface area contributed by atoms with Gasteiger partial charge in [-0.05, 0) is 42.4 Å². The molecule has 2 N–H and O–H groups in total. The second-order valence-corrected chi connectivity index (χ2v) is 5.33. The van der Waals surface area contributed by atoms with Crippen molar-refractivity contribution in [3.05, 3.63) is 29.8 Å². The summed E-state index contributed by atoms with van der Waals surface area (Å²) < 4.78 is 0. The first kappa shape index (κ1) is 12.4. The molecule has 0 unspecified atom stereocenters. The van der Waals surface area contributed by atoms with Crippen LogP contribution in [0.3, 0.4) is 0 Å². The van der Waals surface area contributed by atoms with Crippen LogP contribution in [0.25, 0.3) is 0 Å². The van der Waals surface area contributed by atoms with Crippen molar-refractivity contribution in [2.75, 3.05) is 6.54 Å². The molecule has 0 radical (unpaired) electrons. The highest BCUT2D eigenvalue weighted by Crippen LogP contribution is 2.40. The summed E-state index contributed by atoms with van der Waals surface area (Å²) in [5.41, 5.74) is 1.80. The van der Waals surface area contributed by atoms with E-state index >= 15 is 0 Å². The topological polar surface area (TPSA) is 32.3 Å². The van der Waals surface area contributed by atoms with Crippen LogP contribution >= 0.6 is 0 Å². The molecule has 0 atom stereocenters. The van der Waals surface area contributed by atoms with Gasteiger partial charge in [0.1, 0.15) is 5.75 Å². The van der Waals surface area contributed by atoms with Crippen molar-refractivity contribution in [2.24, 2.45) is 5.41 Å². The summed E-state index contributed by atoms with van der Waals surface area (Å²) in [6, 6.07) is 7.47. The number of rotatable bonds is 5. The van der Waals surface area contributed by atoms with Crippen molar-refractivity contribution in [1.29, 1.82) is 0 Å². The lowest BCUT2D eigenvalue weighted by Gasteiger charge is -2.27. The van der Waals surface area contributed by atoms with Gasteiger partial charge in [-0.15, -0.1) is 0 Å². The number of hydrogen-bond acceptors (Lipinski definition) is 2. The fourth-order valence-electron chi connectivity index (χ4n) is 2.87. The summed E-state index contributed by atoms with van der Waals surface area (Å²) in [5, 5.41) is 12.8. The maximum Gasteiger partial charge on any atom is 0.115 e. The molecule has 0 amide bonds. The van der Waals surface area contributed by atoms with Crippen molar-refractivity contribution in [3.8, 4) is 5.75 Å². The summed E-state index contributed by atoms with van der Waals surface area (Å²) in [5.74, 6) is 0.342. The van der Waals surface area contributed by atoms with E-state index in [1.54, 1.807) is 12.1 Å². The van der Waals surface area contributed by atoms with Gasteiger partial charge in [0.2, 0.25) is 0 Å². The highest BCUT2D eigenvalue weighted by atomic mass is 16.3. The lowest BCUT2D eigenvalue weighted by Crippen LogP contribution is -2.31. The molecule has 2 nitrogen and oxygen atoms in total. The van der Waals surface area contributed by atoms with Crippen LogP contribution in [0.5, 0.6) is 5.75 Å². The van der Waals surface area contributed by atoms with Gasteiger partial charge in [0.05, 0.1) is 0 Å². The molecule has 0 aromatic heterocycles. The van der Waals surface area contributed by atoms with E-state index < -0.39 is 0 Å². The molecule has 0 saturated heterocycles. The Balaban J connectivity index is 1.80. The van der Waals surface area contributed by atoms with Gasteiger partial charge in [-0.2, -0.15) is 0 Å². The standard InChI is InChI=1S/C15H23NO/c1-2-15(9-3-4-10-15)12-16-11-13-5-7-14(17)8-6-13/h5-8,16-17H,2-4,9-12H2,1H3. The fraction of sp³-hybridized carbons (Fsp3) is 0.600. The number of nitrogens with one attached hydrogen (secondary N) is 1. The molecule has 0 bridgehead atoms. The van der Waals surface area contributed by atoms with Crippen LogP contribution in [0.2, 0.25) is 0 Å². The maximum absolute atomic E-state index is 9.21. The van der Waals surface area contributed by atoms with Gasteiger partial charge in [0.15, 0.2) is 0 Å². The number of aromatic hydroxyl groups is 1. The summed E-state index contributed by atoms with van der Waals surface area (Å²) >= 11 is 0. The molecule has 0 heterocycles. The van der Waals surface area contributed by atoms with Crippen LogP contribution in [0.4, 0.5) is 0 Å². The van der Waals surface area contributed by atoms with Crippen LogP contribution in [-0.2, 0) is 6.54 Å². The molecule has 2 rings (SSSR count). The van der Waals surface area contributed by atoms with E-state index in [0.29, 0.717) is 11.2 Å². The molecule has 2 heteroatoms. The molecular formula is C15H23NO. The highest BCUT2D eigenvalue weighted by Gasteiger charge is 2.31. The van der Waals surface area contributed by atoms with E-state index in [0.717, 1.165) is 13.1 Å². The predicted octanol–water partition coefficient (Wildman–Crippen LogP) is 3.45. The Kier molecular flexibility index (Phi) is 4.06. The predicted molar refractivity (Wildman–Crippen MR) is 71.0 cm³/mol. The van der Waals surface area contributed by atoms with Gasteiger partial charge in [-0.3, -0.25) is 0 Å². The molecule has 1 saturated carbocycles. The quantitative estimate of drug-likeness (QED) is 0.816. The molecule has 94 valence electrons. The Morgan fingerprint density at radius 1 is 1.18 bits per heavy atom. The third-order valence-electron chi connectivity index (χ3n) is 4.18. The molecule has 17 heavy (non-hydrogen) atoms. The Labute approximate surface area is 104 Å². The molecule has 1 aromatic carbocycles. The normalized spacial score (nSPS) is 18.4. The van der Waals surface area contributed by atoms with E-state index in [1.165, 1.54) is 37.7 Å². The van der Waals surface area contributed by atoms with E-state index in [2.05, 4.69) is 12.2 Å². The van der Waals surface area contributed by atoms with E-state index in [-0.39, 0.29) is 0 Å². The minimum absolute atomic E-state index is 0.342. The number of hydrogen-bond donors (Lipinski definition) is 2. The molecule has 1 aromatic rings. The molecule has 1 aliphatic carbocycles. The van der Waals surface area contributed by atoms with Crippen molar-refractivity contribution >= 4 is 0 Å². The van der Waals surface area contributed by atoms with Gasteiger partial charge < -0.3 is 10.4 Å². The maximum atomic E-state index is 9.21. The number of phenolic OH excluding ortho intramolecular Hbond substituents is 1. The summed E-state index contributed by atoms with van der Waals surface area (Å²) in [4.78, 5) is 0. The second-order valence-electron chi connectivity index (χ2n) is 5.33. The molecule has 0 spiro atoms. The highest BCUT2D eigenvalue weighted by molar-refractivity contribution is 5.25. The number of benzene rings is 1. The van der Waals surface area contributed by atoms with Gasteiger partial charge in [-0.1, -0.05) is 31.9 Å². The molecule has 1 fully saturated rings. The summed E-state index contributed by atoms with van der Waals surface area (Å²) in [7, 11) is 0. The Morgan fingerprint density at radius 2 is 1.82 bits per heavy atom. The van der Waals surface area contributed by atoms with E-state index in [1.807, 2.05) is 12.1 Å². The zero-order chi connectivity index (χ0) is 12.1. The largest absolute Gasteiger partial charge is 0.508 e. The molecule has 1 aliphatic rings. The van der Waals surface area contributed by atoms with Crippen molar-refractivity contribution in [1.82, 2.24) is 5.32 Å². The lowest BCUT2D eigenvalue weighted by molar-refractivity contribution is 0.268. The first-order valence-electron chi connectivity index (χ1n) is 6.73. The van der Waals surface area contributed by atoms with Crippen molar-refractivity contribution in [3.63, 3.8) is 0 Å². The first-order chi connectivity index (χ1) is 8.24. The van der Waals surface area contributed by atoms with E-state index in [9.17, 15) is 5.11 Å². The second kappa shape index (κ2) is 5.54. The average Bonchev–Trinajstić information content (AvgIpc) is 2.81. The SMILES string of the molecule is CCC1(CNCc2ccc(O)cc2)CCCC1. The summed E-state index contributed by atoms with van der Waals surface area (Å²) in [6.07, 6.45) is 6.84. The third kappa shape index (κ3) is 3.22. The molecule has 0 aliphatic heterocycles. The Bertz CT molecular complexity index is 338. The molecular weight excluding hydrogens is 210 g/mol. The van der Waals surface area contributed by atoms with Crippen LogP contribution in [0.1, 0.15) is 44.6 Å². The third-order valence-corrected chi connectivity index (χ3v) is 4.18. The Hall–Kier alpha value is -1.02. The fourth-order valence-corrected chi connectivity index (χ4v) is 2.87. The average molecular weight is 233 g/mol. The van der Waals surface area contributed by atoms with Crippen molar-refractivity contribution < 1.29 is 5.11 Å². The smallest absolute Gasteiger partial charge is 0.115 e. The van der Waals surface area contributed by atoms with E-state index in [4.69, 9.17) is 0 Å². The first-order valence-corrected chi connectivity index (χ1v) is 6.73. The zero-order valence-electron chi connectivity index (χ0n) is 10.7. The van der Waals surface area contributed by atoms with Crippen LogP contribution in [0, 0.1) is 5.41 Å². The summed E-state index contributed by atoms with van der Waals surface area (Å²) in [6.45, 7) is 4.35. The number of phenols is 1. The van der Waals surface area contributed by atoms with Gasteiger partial charge in [0.25, 0.3) is 0 Å². The van der Waals surface area contributed by atoms with Crippen LogP contribution in [0.15, 0.2) is 24.3 Å². The van der Waals surface area contributed by atoms with Gasteiger partial charge in [-0.25, -0.2) is 0 Å². The monoisotopic (exact) mass is 233 g/mol. The minimum atomic E-state index is 0.342. The van der Waals surface area contributed by atoms with Crippen LogP contribution < -0.4 is 5.32 Å².